The minimum absolute atomic E-state index is 0.0505. The van der Waals surface area contributed by atoms with E-state index in [2.05, 4.69) is 29.9 Å². The van der Waals surface area contributed by atoms with Crippen LogP contribution in [0.1, 0.15) is 104 Å². The van der Waals surface area contributed by atoms with E-state index >= 15 is 0 Å². The average Bonchev–Trinajstić information content (AvgIpc) is 4.09. The van der Waals surface area contributed by atoms with Crippen molar-refractivity contribution in [2.24, 2.45) is 5.73 Å². The van der Waals surface area contributed by atoms with Gasteiger partial charge >= 0.3 is 12.4 Å². The van der Waals surface area contributed by atoms with Crippen LogP contribution in [-0.4, -0.2) is 46.6 Å². The van der Waals surface area contributed by atoms with Gasteiger partial charge in [0.1, 0.15) is 0 Å². The minimum Gasteiger partial charge on any atom is -0.326 e. The average molecular weight is 747 g/mol. The second kappa shape index (κ2) is 14.0. The Morgan fingerprint density at radius 2 is 1.06 bits per heavy atom. The van der Waals surface area contributed by atoms with Crippen molar-refractivity contribution in [2.75, 3.05) is 0 Å². The van der Waals surface area contributed by atoms with E-state index in [0.717, 1.165) is 78.5 Å². The van der Waals surface area contributed by atoms with Gasteiger partial charge in [-0.3, -0.25) is 24.5 Å². The van der Waals surface area contributed by atoms with Crippen molar-refractivity contribution in [3.63, 3.8) is 0 Å². The maximum atomic E-state index is 12.8. The normalized spacial score (nSPS) is 15.6. The number of halogens is 6. The number of hydrogen-bond donors (Lipinski definition) is 1. The minimum atomic E-state index is -4.63. The molecule has 0 atom stereocenters. The number of carbonyl (C=O) groups is 2. The SMILES string of the molecule is Cc1c(CN)cc(-c2cnc(C(F)(F)F)nc2)nc1C1CC1.Cc1c(CN2C(=O)c3ccccc3C2=O)cc(-c2cnc(C(F)(F)F)nc2)nc1C1CC1. The van der Waals surface area contributed by atoms with Gasteiger partial charge in [-0.25, -0.2) is 19.9 Å². The van der Waals surface area contributed by atoms with E-state index in [1.807, 2.05) is 13.8 Å². The van der Waals surface area contributed by atoms with Crippen LogP contribution in [0.3, 0.4) is 0 Å². The van der Waals surface area contributed by atoms with Crippen LogP contribution in [0.2, 0.25) is 0 Å². The lowest BCUT2D eigenvalue weighted by atomic mass is 10.0. The van der Waals surface area contributed by atoms with E-state index < -0.39 is 24.0 Å². The first-order valence-electron chi connectivity index (χ1n) is 17.1. The fourth-order valence-electron chi connectivity index (χ4n) is 6.31. The second-order valence-electron chi connectivity index (χ2n) is 13.4. The molecule has 2 aliphatic carbocycles. The van der Waals surface area contributed by atoms with Crippen molar-refractivity contribution in [2.45, 2.75) is 76.8 Å². The fourth-order valence-corrected chi connectivity index (χ4v) is 6.31. The van der Waals surface area contributed by atoms with Crippen LogP contribution < -0.4 is 5.73 Å². The zero-order valence-electron chi connectivity index (χ0n) is 29.0. The Kier molecular flexibility index (Phi) is 9.50. The van der Waals surface area contributed by atoms with Crippen LogP contribution in [0.4, 0.5) is 26.3 Å². The summed E-state index contributed by atoms with van der Waals surface area (Å²) in [5.41, 5.74) is 13.7. The highest BCUT2D eigenvalue weighted by Crippen LogP contribution is 2.43. The van der Waals surface area contributed by atoms with Gasteiger partial charge in [0.2, 0.25) is 11.6 Å². The lowest BCUT2D eigenvalue weighted by Gasteiger charge is -2.18. The summed E-state index contributed by atoms with van der Waals surface area (Å²) in [6.07, 6.45) is -0.563. The standard InChI is InChI=1S/C23H17F3N4O2.C15H15F3N4/c1-12-14(11-30-20(31)16-4-2-3-5-17(16)21(30)32)8-18(29-19(12)13-6-7-13)15-9-27-22(28-10-15)23(24,25)26;1-8-10(5-19)4-12(22-13(8)9-2-3-9)11-6-20-14(21-7-11)15(16,17)18/h2-5,8-10,13H,6-7,11H2,1H3;4,6-7,9H,2-3,5,19H2,1H3. The van der Waals surface area contributed by atoms with E-state index in [4.69, 9.17) is 5.73 Å². The zero-order chi connectivity index (χ0) is 38.5. The number of imide groups is 1. The maximum Gasteiger partial charge on any atom is 0.451 e. The summed E-state index contributed by atoms with van der Waals surface area (Å²) in [4.78, 5) is 49.7. The highest BCUT2D eigenvalue weighted by molar-refractivity contribution is 6.21. The first-order valence-corrected chi connectivity index (χ1v) is 17.1. The number of nitrogens with two attached hydrogens (primary N) is 1. The highest BCUT2D eigenvalue weighted by atomic mass is 19.4. The zero-order valence-corrected chi connectivity index (χ0v) is 29.0. The molecule has 0 spiro atoms. The Morgan fingerprint density at radius 1 is 0.667 bits per heavy atom. The number of aromatic nitrogens is 6. The molecule has 10 nitrogen and oxygen atoms in total. The second-order valence-corrected chi connectivity index (χ2v) is 13.4. The largest absolute Gasteiger partial charge is 0.451 e. The molecule has 2 fully saturated rings. The summed E-state index contributed by atoms with van der Waals surface area (Å²) >= 11 is 0. The third-order valence-electron chi connectivity index (χ3n) is 9.59. The molecule has 0 bridgehead atoms. The summed E-state index contributed by atoms with van der Waals surface area (Å²) < 4.78 is 76.0. The third-order valence-corrected chi connectivity index (χ3v) is 9.59. The van der Waals surface area contributed by atoms with Gasteiger partial charge in [0, 0.05) is 65.7 Å². The topological polar surface area (TPSA) is 141 Å². The number of benzene rings is 1. The lowest BCUT2D eigenvalue weighted by Crippen LogP contribution is -2.29. The van der Waals surface area contributed by atoms with Gasteiger partial charge in [-0.2, -0.15) is 26.3 Å². The van der Waals surface area contributed by atoms with E-state index in [-0.39, 0.29) is 24.3 Å². The smallest absolute Gasteiger partial charge is 0.326 e. The molecular formula is C38H32F6N8O2. The van der Waals surface area contributed by atoms with Crippen molar-refractivity contribution in [3.8, 4) is 22.5 Å². The Morgan fingerprint density at radius 3 is 1.43 bits per heavy atom. The Balaban J connectivity index is 0.000000179. The number of carbonyl (C=O) groups excluding carboxylic acids is 2. The first-order chi connectivity index (χ1) is 25.6. The van der Waals surface area contributed by atoms with Crippen LogP contribution in [0.5, 0.6) is 0 Å². The van der Waals surface area contributed by atoms with E-state index in [1.54, 1.807) is 36.4 Å². The summed E-state index contributed by atoms with van der Waals surface area (Å²) in [6.45, 7) is 4.29. The van der Waals surface area contributed by atoms with E-state index in [9.17, 15) is 35.9 Å². The van der Waals surface area contributed by atoms with E-state index in [1.165, 1.54) is 4.90 Å². The Hall–Kier alpha value is -5.64. The van der Waals surface area contributed by atoms with Crippen LogP contribution in [-0.2, 0) is 25.4 Å². The predicted octanol–water partition coefficient (Wildman–Crippen LogP) is 7.74. The fraction of sp³-hybridized carbons (Fsp3) is 0.316. The van der Waals surface area contributed by atoms with Gasteiger partial charge in [0.25, 0.3) is 11.8 Å². The monoisotopic (exact) mass is 746 g/mol. The molecule has 16 heteroatoms. The number of hydrogen-bond acceptors (Lipinski definition) is 9. The summed E-state index contributed by atoms with van der Waals surface area (Å²) in [5.74, 6) is -2.41. The number of nitrogens with zero attached hydrogens (tertiary/aromatic N) is 7. The number of amides is 2. The van der Waals surface area contributed by atoms with Crippen molar-refractivity contribution in [1.82, 2.24) is 34.8 Å². The number of fused-ring (bicyclic) bond motifs is 1. The molecule has 2 saturated carbocycles. The molecule has 0 unspecified atom stereocenters. The molecular weight excluding hydrogens is 714 g/mol. The molecule has 0 saturated heterocycles. The molecule has 1 aliphatic heterocycles. The van der Waals surface area contributed by atoms with Crippen LogP contribution in [0.25, 0.3) is 22.5 Å². The molecule has 3 aliphatic rings. The molecule has 0 radical (unpaired) electrons. The molecule has 5 aromatic rings. The van der Waals surface area contributed by atoms with Gasteiger partial charge in [-0.05, 0) is 86.1 Å². The van der Waals surface area contributed by atoms with Gasteiger partial charge in [-0.15, -0.1) is 0 Å². The molecule has 54 heavy (non-hydrogen) atoms. The van der Waals surface area contributed by atoms with E-state index in [0.29, 0.717) is 51.7 Å². The lowest BCUT2D eigenvalue weighted by molar-refractivity contribution is -0.145. The molecule has 5 heterocycles. The quantitative estimate of drug-likeness (QED) is 0.131. The molecule has 2 amide bonds. The van der Waals surface area contributed by atoms with Crippen LogP contribution >= 0.6 is 0 Å². The van der Waals surface area contributed by atoms with Gasteiger partial charge < -0.3 is 5.73 Å². The third kappa shape index (κ3) is 7.42. The van der Waals surface area contributed by atoms with Crippen molar-refractivity contribution < 1.29 is 35.9 Å². The first kappa shape index (κ1) is 36.7. The van der Waals surface area contributed by atoms with Crippen molar-refractivity contribution >= 4 is 11.8 Å². The summed E-state index contributed by atoms with van der Waals surface area (Å²) in [5, 5.41) is 0. The molecule has 8 rings (SSSR count). The number of rotatable bonds is 7. The van der Waals surface area contributed by atoms with Crippen LogP contribution in [0.15, 0.2) is 61.2 Å². The summed E-state index contributed by atoms with van der Waals surface area (Å²) in [6, 6.07) is 10.1. The van der Waals surface area contributed by atoms with Gasteiger partial charge in [0.05, 0.1) is 29.1 Å². The van der Waals surface area contributed by atoms with Crippen LogP contribution in [0, 0.1) is 13.8 Å². The summed E-state index contributed by atoms with van der Waals surface area (Å²) in [7, 11) is 0. The highest BCUT2D eigenvalue weighted by Gasteiger charge is 2.38. The number of alkyl halides is 6. The molecule has 4 aromatic heterocycles. The number of pyridine rings is 2. The van der Waals surface area contributed by atoms with Gasteiger partial charge in [0.15, 0.2) is 0 Å². The molecule has 2 N–H and O–H groups in total. The Labute approximate surface area is 304 Å². The molecule has 1 aromatic carbocycles. The Bertz CT molecular complexity index is 2220. The maximum absolute atomic E-state index is 12.8. The molecule has 278 valence electrons. The predicted molar refractivity (Wildman–Crippen MR) is 182 cm³/mol. The van der Waals surface area contributed by atoms with Crippen molar-refractivity contribution in [3.05, 3.63) is 118 Å². The van der Waals surface area contributed by atoms with Crippen molar-refractivity contribution in [1.29, 1.82) is 0 Å². The van der Waals surface area contributed by atoms with Gasteiger partial charge in [-0.1, -0.05) is 12.1 Å².